The number of anilines is 1. The van der Waals surface area contributed by atoms with E-state index in [2.05, 4.69) is 33.9 Å². The van der Waals surface area contributed by atoms with E-state index in [1.807, 2.05) is 54.4 Å². The van der Waals surface area contributed by atoms with Crippen LogP contribution in [0.15, 0.2) is 60.9 Å². The molecule has 120 valence electrons. The van der Waals surface area contributed by atoms with Crippen molar-refractivity contribution >= 4 is 23.4 Å². The number of aromatic nitrogens is 2. The molecule has 5 heteroatoms. The maximum Gasteiger partial charge on any atom is 0.255 e. The first-order valence-electron chi connectivity index (χ1n) is 7.82. The van der Waals surface area contributed by atoms with Gasteiger partial charge in [-0.25, -0.2) is 0 Å². The van der Waals surface area contributed by atoms with Crippen LogP contribution in [0.5, 0.6) is 0 Å². The summed E-state index contributed by atoms with van der Waals surface area (Å²) < 4.78 is 2.29. The molecule has 0 aliphatic carbocycles. The van der Waals surface area contributed by atoms with E-state index in [-0.39, 0.29) is 11.3 Å². The number of nitrogens with zero attached hydrogens (tertiary/aromatic N) is 2. The SMILES string of the molecule is Cc1cc(NC(=O)c2ccccc2)c2n1C(c1cccnc1)SC2. The highest BCUT2D eigenvalue weighted by Crippen LogP contribution is 2.45. The van der Waals surface area contributed by atoms with Gasteiger partial charge in [0.05, 0.1) is 11.4 Å². The van der Waals surface area contributed by atoms with E-state index in [9.17, 15) is 4.79 Å². The Morgan fingerprint density at radius 2 is 2.08 bits per heavy atom. The fourth-order valence-electron chi connectivity index (χ4n) is 3.07. The number of hydrogen-bond donors (Lipinski definition) is 1. The summed E-state index contributed by atoms with van der Waals surface area (Å²) in [6, 6.07) is 15.4. The van der Waals surface area contributed by atoms with E-state index >= 15 is 0 Å². The monoisotopic (exact) mass is 335 g/mol. The highest BCUT2D eigenvalue weighted by molar-refractivity contribution is 7.99. The summed E-state index contributed by atoms with van der Waals surface area (Å²) in [6.45, 7) is 2.08. The number of benzene rings is 1. The lowest BCUT2D eigenvalue weighted by Gasteiger charge is -2.14. The predicted octanol–water partition coefficient (Wildman–Crippen LogP) is 4.24. The lowest BCUT2D eigenvalue weighted by molar-refractivity contribution is 0.102. The number of carbonyl (C=O) groups excluding carboxylic acids is 1. The van der Waals surface area contributed by atoms with Crippen LogP contribution in [-0.4, -0.2) is 15.5 Å². The largest absolute Gasteiger partial charge is 0.330 e. The van der Waals surface area contributed by atoms with Crippen LogP contribution < -0.4 is 5.32 Å². The van der Waals surface area contributed by atoms with E-state index in [0.717, 1.165) is 22.8 Å². The van der Waals surface area contributed by atoms with Crippen LogP contribution in [0.2, 0.25) is 0 Å². The van der Waals surface area contributed by atoms with E-state index in [0.29, 0.717) is 5.56 Å². The van der Waals surface area contributed by atoms with Crippen LogP contribution >= 0.6 is 11.8 Å². The number of fused-ring (bicyclic) bond motifs is 1. The van der Waals surface area contributed by atoms with Crippen LogP contribution in [0.3, 0.4) is 0 Å². The normalized spacial score (nSPS) is 16.0. The van der Waals surface area contributed by atoms with Gasteiger partial charge in [-0.05, 0) is 31.2 Å². The third kappa shape index (κ3) is 2.61. The number of aryl methyl sites for hydroxylation is 1. The summed E-state index contributed by atoms with van der Waals surface area (Å²) in [5.74, 6) is 0.802. The standard InChI is InChI=1S/C19H17N3OS/c1-13-10-16(21-18(23)14-6-3-2-4-7-14)17-12-24-19(22(13)17)15-8-5-9-20-11-15/h2-11,19H,12H2,1H3,(H,21,23). The number of thioether (sulfide) groups is 1. The minimum Gasteiger partial charge on any atom is -0.330 e. The maximum atomic E-state index is 12.4. The van der Waals surface area contributed by atoms with E-state index in [4.69, 9.17) is 0 Å². The summed E-state index contributed by atoms with van der Waals surface area (Å²) >= 11 is 1.85. The third-order valence-corrected chi connectivity index (χ3v) is 5.44. The Bertz CT molecular complexity index is 874. The number of carbonyl (C=O) groups is 1. The van der Waals surface area contributed by atoms with Crippen molar-refractivity contribution in [3.8, 4) is 0 Å². The van der Waals surface area contributed by atoms with Gasteiger partial charge in [0.2, 0.25) is 0 Å². The number of rotatable bonds is 3. The molecule has 0 saturated heterocycles. The molecule has 0 fully saturated rings. The van der Waals surface area contributed by atoms with Crippen LogP contribution in [0.25, 0.3) is 0 Å². The smallest absolute Gasteiger partial charge is 0.255 e. The zero-order chi connectivity index (χ0) is 16.5. The molecule has 0 spiro atoms. The molecule has 4 nitrogen and oxygen atoms in total. The van der Waals surface area contributed by atoms with Crippen LogP contribution in [-0.2, 0) is 5.75 Å². The molecule has 1 aliphatic heterocycles. The van der Waals surface area contributed by atoms with Crippen LogP contribution in [0.1, 0.15) is 32.7 Å². The van der Waals surface area contributed by atoms with Crippen molar-refractivity contribution in [2.75, 3.05) is 5.32 Å². The lowest BCUT2D eigenvalue weighted by atomic mass is 10.2. The molecule has 0 radical (unpaired) electrons. The van der Waals surface area contributed by atoms with Gasteiger partial charge in [-0.15, -0.1) is 11.8 Å². The Kier molecular flexibility index (Phi) is 3.86. The molecule has 0 bridgehead atoms. The minimum atomic E-state index is -0.0705. The van der Waals surface area contributed by atoms with Crippen molar-refractivity contribution in [3.05, 3.63) is 83.4 Å². The Morgan fingerprint density at radius 1 is 1.25 bits per heavy atom. The fraction of sp³-hybridized carbons (Fsp3) is 0.158. The molecule has 2 aromatic heterocycles. The first-order chi connectivity index (χ1) is 11.7. The molecule has 3 heterocycles. The molecule has 3 aromatic rings. The van der Waals surface area contributed by atoms with Gasteiger partial charge in [0.15, 0.2) is 0 Å². The minimum absolute atomic E-state index is 0.0705. The van der Waals surface area contributed by atoms with Crippen molar-refractivity contribution in [3.63, 3.8) is 0 Å². The second-order valence-electron chi connectivity index (χ2n) is 5.79. The molecule has 1 N–H and O–H groups in total. The van der Waals surface area contributed by atoms with E-state index < -0.39 is 0 Å². The number of hydrogen-bond acceptors (Lipinski definition) is 3. The molecule has 1 atom stereocenters. The second kappa shape index (κ2) is 6.17. The Labute approximate surface area is 144 Å². The summed E-state index contributed by atoms with van der Waals surface area (Å²) in [7, 11) is 0. The van der Waals surface area contributed by atoms with Crippen molar-refractivity contribution in [2.24, 2.45) is 0 Å². The van der Waals surface area contributed by atoms with E-state index in [1.54, 1.807) is 6.20 Å². The second-order valence-corrected chi connectivity index (χ2v) is 6.85. The first-order valence-corrected chi connectivity index (χ1v) is 8.87. The fourth-order valence-corrected chi connectivity index (χ4v) is 4.45. The van der Waals surface area contributed by atoms with Crippen molar-refractivity contribution < 1.29 is 4.79 Å². The van der Waals surface area contributed by atoms with Gasteiger partial charge < -0.3 is 9.88 Å². The Hall–Kier alpha value is -2.53. The van der Waals surface area contributed by atoms with Gasteiger partial charge in [-0.1, -0.05) is 24.3 Å². The first kappa shape index (κ1) is 15.0. The molecule has 1 amide bonds. The highest BCUT2D eigenvalue weighted by atomic mass is 32.2. The van der Waals surface area contributed by atoms with Gasteiger partial charge in [-0.2, -0.15) is 0 Å². The molecule has 0 saturated carbocycles. The molecule has 1 unspecified atom stereocenters. The summed E-state index contributed by atoms with van der Waals surface area (Å²) in [4.78, 5) is 16.7. The van der Waals surface area contributed by atoms with Crippen molar-refractivity contribution in [2.45, 2.75) is 18.1 Å². The van der Waals surface area contributed by atoms with E-state index in [1.165, 1.54) is 5.56 Å². The van der Waals surface area contributed by atoms with Gasteiger partial charge in [0.25, 0.3) is 5.91 Å². The average molecular weight is 335 g/mol. The van der Waals surface area contributed by atoms with Crippen LogP contribution in [0.4, 0.5) is 5.69 Å². The van der Waals surface area contributed by atoms with Crippen molar-refractivity contribution in [1.82, 2.24) is 9.55 Å². The van der Waals surface area contributed by atoms with Gasteiger partial charge in [-0.3, -0.25) is 9.78 Å². The Morgan fingerprint density at radius 3 is 2.83 bits per heavy atom. The lowest BCUT2D eigenvalue weighted by Crippen LogP contribution is -2.12. The van der Waals surface area contributed by atoms with Gasteiger partial charge >= 0.3 is 0 Å². The zero-order valence-corrected chi connectivity index (χ0v) is 14.1. The molecule has 1 aliphatic rings. The topological polar surface area (TPSA) is 46.9 Å². The van der Waals surface area contributed by atoms with Crippen molar-refractivity contribution in [1.29, 1.82) is 0 Å². The third-order valence-electron chi connectivity index (χ3n) is 4.20. The average Bonchev–Trinajstić information content (AvgIpc) is 3.19. The molecule has 1 aromatic carbocycles. The maximum absolute atomic E-state index is 12.4. The van der Waals surface area contributed by atoms with Gasteiger partial charge in [0, 0.05) is 35.0 Å². The molecular weight excluding hydrogens is 318 g/mol. The number of nitrogens with one attached hydrogen (secondary N) is 1. The molecular formula is C19H17N3OS. The number of amides is 1. The zero-order valence-electron chi connectivity index (χ0n) is 13.3. The summed E-state index contributed by atoms with van der Waals surface area (Å²) in [5.41, 5.74) is 5.06. The quantitative estimate of drug-likeness (QED) is 0.779. The highest BCUT2D eigenvalue weighted by Gasteiger charge is 2.29. The predicted molar refractivity (Wildman–Crippen MR) is 97.2 cm³/mol. The molecule has 4 rings (SSSR count). The molecule has 24 heavy (non-hydrogen) atoms. The summed E-state index contributed by atoms with van der Waals surface area (Å²) in [5, 5.41) is 3.28. The Balaban J connectivity index is 1.64. The van der Waals surface area contributed by atoms with Crippen LogP contribution in [0, 0.1) is 6.92 Å². The number of pyridine rings is 1. The van der Waals surface area contributed by atoms with Gasteiger partial charge in [0.1, 0.15) is 5.37 Å². The summed E-state index contributed by atoms with van der Waals surface area (Å²) in [6.07, 6.45) is 3.70.